The van der Waals surface area contributed by atoms with Crippen LogP contribution in [0.15, 0.2) is 5.38 Å². The van der Waals surface area contributed by atoms with Crippen LogP contribution in [0.3, 0.4) is 0 Å². The summed E-state index contributed by atoms with van der Waals surface area (Å²) in [5.74, 6) is 0.891. The highest BCUT2D eigenvalue weighted by Crippen LogP contribution is 2.29. The molecule has 3 nitrogen and oxygen atoms in total. The zero-order chi connectivity index (χ0) is 10.7. The predicted molar refractivity (Wildman–Crippen MR) is 62.4 cm³/mol. The molecule has 2 N–H and O–H groups in total. The molecule has 1 saturated heterocycles. The Morgan fingerprint density at radius 3 is 3.27 bits per heavy atom. The van der Waals surface area contributed by atoms with Crippen LogP contribution in [0.25, 0.3) is 0 Å². The van der Waals surface area contributed by atoms with E-state index >= 15 is 0 Å². The molecule has 84 valence electrons. The number of ether oxygens (including phenoxy) is 1. The van der Waals surface area contributed by atoms with Crippen molar-refractivity contribution in [2.24, 2.45) is 5.73 Å². The van der Waals surface area contributed by atoms with E-state index in [0.717, 1.165) is 25.3 Å². The van der Waals surface area contributed by atoms with E-state index in [2.05, 4.69) is 17.3 Å². The molecule has 0 radical (unpaired) electrons. The van der Waals surface area contributed by atoms with Crippen LogP contribution in [-0.2, 0) is 4.74 Å². The van der Waals surface area contributed by atoms with Crippen LogP contribution < -0.4 is 5.73 Å². The first kappa shape index (κ1) is 11.0. The molecule has 2 rings (SSSR count). The van der Waals surface area contributed by atoms with Crippen molar-refractivity contribution in [3.05, 3.63) is 16.1 Å². The zero-order valence-corrected chi connectivity index (χ0v) is 9.93. The normalized spacial score (nSPS) is 24.0. The van der Waals surface area contributed by atoms with Gasteiger partial charge in [0.2, 0.25) is 0 Å². The third-order valence-electron chi connectivity index (χ3n) is 2.91. The second-order valence-electron chi connectivity index (χ2n) is 4.16. The van der Waals surface area contributed by atoms with Gasteiger partial charge in [0, 0.05) is 30.4 Å². The summed E-state index contributed by atoms with van der Waals surface area (Å²) in [7, 11) is 0. The lowest BCUT2D eigenvalue weighted by Crippen LogP contribution is -2.15. The Bertz CT molecular complexity index is 307. The average Bonchev–Trinajstić information content (AvgIpc) is 2.78. The summed E-state index contributed by atoms with van der Waals surface area (Å²) in [6.07, 6.45) is 2.37. The maximum atomic E-state index is 5.63. The first-order chi connectivity index (χ1) is 7.31. The Balaban J connectivity index is 2.05. The van der Waals surface area contributed by atoms with Gasteiger partial charge in [0.1, 0.15) is 0 Å². The third kappa shape index (κ3) is 2.56. The molecule has 0 aliphatic carbocycles. The summed E-state index contributed by atoms with van der Waals surface area (Å²) < 4.78 is 5.47. The van der Waals surface area contributed by atoms with Crippen LogP contribution >= 0.6 is 11.3 Å². The molecule has 15 heavy (non-hydrogen) atoms. The lowest BCUT2D eigenvalue weighted by Gasteiger charge is -2.19. The number of hydrogen-bond acceptors (Lipinski definition) is 4. The summed E-state index contributed by atoms with van der Waals surface area (Å²) in [6.45, 7) is 4.54. The lowest BCUT2D eigenvalue weighted by molar-refractivity contribution is 0.0803. The average molecular weight is 226 g/mol. The van der Waals surface area contributed by atoms with E-state index in [1.54, 1.807) is 11.3 Å². The van der Waals surface area contributed by atoms with Crippen LogP contribution in [0.4, 0.5) is 0 Å². The molecule has 4 heteroatoms. The number of aromatic nitrogens is 1. The van der Waals surface area contributed by atoms with Gasteiger partial charge in [-0.15, -0.1) is 11.3 Å². The fourth-order valence-electron chi connectivity index (χ4n) is 1.77. The van der Waals surface area contributed by atoms with Crippen LogP contribution in [0.2, 0.25) is 0 Å². The molecule has 1 aromatic heterocycles. The van der Waals surface area contributed by atoms with E-state index in [1.165, 1.54) is 11.4 Å². The van der Waals surface area contributed by atoms with Crippen molar-refractivity contribution in [2.45, 2.75) is 31.6 Å². The Labute approximate surface area is 94.7 Å². The fraction of sp³-hybridized carbons (Fsp3) is 0.727. The highest BCUT2D eigenvalue weighted by Gasteiger charge is 2.20. The molecule has 0 saturated carbocycles. The monoisotopic (exact) mass is 226 g/mol. The van der Waals surface area contributed by atoms with E-state index in [0.29, 0.717) is 18.4 Å². The van der Waals surface area contributed by atoms with E-state index in [4.69, 9.17) is 10.5 Å². The summed E-state index contributed by atoms with van der Waals surface area (Å²) in [4.78, 5) is 4.66. The van der Waals surface area contributed by atoms with Crippen molar-refractivity contribution in [1.82, 2.24) is 4.98 Å². The predicted octanol–water partition coefficient (Wildman–Crippen LogP) is 2.10. The summed E-state index contributed by atoms with van der Waals surface area (Å²) in [5.41, 5.74) is 6.77. The van der Waals surface area contributed by atoms with Crippen molar-refractivity contribution in [2.75, 3.05) is 19.8 Å². The molecule has 0 spiro atoms. The van der Waals surface area contributed by atoms with Crippen molar-refractivity contribution in [3.63, 3.8) is 0 Å². The Hall–Kier alpha value is -0.450. The Morgan fingerprint density at radius 1 is 1.73 bits per heavy atom. The number of nitrogens with zero attached hydrogens (tertiary/aromatic N) is 1. The van der Waals surface area contributed by atoms with Gasteiger partial charge in [-0.2, -0.15) is 0 Å². The minimum Gasteiger partial charge on any atom is -0.381 e. The molecule has 2 atom stereocenters. The fourth-order valence-corrected chi connectivity index (χ4v) is 2.83. The van der Waals surface area contributed by atoms with Gasteiger partial charge in [0.25, 0.3) is 0 Å². The molecule has 2 unspecified atom stereocenters. The van der Waals surface area contributed by atoms with E-state index < -0.39 is 0 Å². The highest BCUT2D eigenvalue weighted by molar-refractivity contribution is 7.09. The van der Waals surface area contributed by atoms with Crippen LogP contribution in [-0.4, -0.2) is 24.7 Å². The minimum absolute atomic E-state index is 0.375. The van der Waals surface area contributed by atoms with Crippen LogP contribution in [0.5, 0.6) is 0 Å². The molecule has 0 amide bonds. The van der Waals surface area contributed by atoms with E-state index in [9.17, 15) is 0 Å². The first-order valence-corrected chi connectivity index (χ1v) is 6.42. The molecular formula is C11H18N2OS. The topological polar surface area (TPSA) is 48.1 Å². The zero-order valence-electron chi connectivity index (χ0n) is 9.11. The SMILES string of the molecule is CC(CN)c1csc(C2CCCOC2)n1. The maximum absolute atomic E-state index is 5.63. The second-order valence-corrected chi connectivity index (χ2v) is 5.05. The molecule has 1 aromatic rings. The second kappa shape index (κ2) is 5.05. The van der Waals surface area contributed by atoms with Crippen LogP contribution in [0, 0.1) is 0 Å². The van der Waals surface area contributed by atoms with Gasteiger partial charge in [-0.25, -0.2) is 4.98 Å². The molecular weight excluding hydrogens is 208 g/mol. The number of thiazole rings is 1. The molecule has 0 bridgehead atoms. The first-order valence-electron chi connectivity index (χ1n) is 5.54. The highest BCUT2D eigenvalue weighted by atomic mass is 32.1. The van der Waals surface area contributed by atoms with E-state index in [-0.39, 0.29) is 0 Å². The van der Waals surface area contributed by atoms with E-state index in [1.807, 2.05) is 0 Å². The van der Waals surface area contributed by atoms with Gasteiger partial charge >= 0.3 is 0 Å². The van der Waals surface area contributed by atoms with Gasteiger partial charge in [-0.1, -0.05) is 6.92 Å². The molecule has 1 fully saturated rings. The summed E-state index contributed by atoms with van der Waals surface area (Å²) >= 11 is 1.75. The van der Waals surface area contributed by atoms with Gasteiger partial charge in [-0.05, 0) is 12.8 Å². The van der Waals surface area contributed by atoms with Gasteiger partial charge in [-0.3, -0.25) is 0 Å². The maximum Gasteiger partial charge on any atom is 0.0982 e. The molecule has 1 aliphatic rings. The van der Waals surface area contributed by atoms with Crippen molar-refractivity contribution in [3.8, 4) is 0 Å². The quantitative estimate of drug-likeness (QED) is 0.858. The Morgan fingerprint density at radius 2 is 2.60 bits per heavy atom. The standard InChI is InChI=1S/C11H18N2OS/c1-8(5-12)10-7-15-11(13-10)9-3-2-4-14-6-9/h7-9H,2-6,12H2,1H3. The third-order valence-corrected chi connectivity index (χ3v) is 3.93. The van der Waals surface area contributed by atoms with Gasteiger partial charge in [0.05, 0.1) is 17.3 Å². The number of rotatable bonds is 3. The Kier molecular flexibility index (Phi) is 3.72. The van der Waals surface area contributed by atoms with Crippen molar-refractivity contribution in [1.29, 1.82) is 0 Å². The lowest BCUT2D eigenvalue weighted by atomic mass is 10.0. The summed E-state index contributed by atoms with van der Waals surface area (Å²) in [5, 5.41) is 3.37. The van der Waals surface area contributed by atoms with Gasteiger partial charge < -0.3 is 10.5 Å². The van der Waals surface area contributed by atoms with Crippen LogP contribution in [0.1, 0.15) is 42.3 Å². The number of nitrogens with two attached hydrogens (primary N) is 1. The summed E-state index contributed by atoms with van der Waals surface area (Å²) in [6, 6.07) is 0. The largest absolute Gasteiger partial charge is 0.381 e. The molecule has 0 aromatic carbocycles. The van der Waals surface area contributed by atoms with Crippen molar-refractivity contribution >= 4 is 11.3 Å². The van der Waals surface area contributed by atoms with Crippen molar-refractivity contribution < 1.29 is 4.74 Å². The van der Waals surface area contributed by atoms with Gasteiger partial charge in [0.15, 0.2) is 0 Å². The number of hydrogen-bond donors (Lipinski definition) is 1. The smallest absolute Gasteiger partial charge is 0.0982 e. The molecule has 2 heterocycles. The minimum atomic E-state index is 0.375. The molecule has 1 aliphatic heterocycles.